The molecule has 0 unspecified atom stereocenters. The molecule has 0 radical (unpaired) electrons. The van der Waals surface area contributed by atoms with E-state index in [1.54, 1.807) is 44.8 Å². The molecule has 1 fully saturated rings. The van der Waals surface area contributed by atoms with Gasteiger partial charge in [-0.25, -0.2) is 0 Å². The number of carbonyl (C=O) groups excluding carboxylic acids is 3. The van der Waals surface area contributed by atoms with E-state index in [1.165, 1.54) is 6.26 Å². The van der Waals surface area contributed by atoms with Gasteiger partial charge in [0.15, 0.2) is 12.0 Å². The first-order chi connectivity index (χ1) is 11.7. The van der Waals surface area contributed by atoms with Gasteiger partial charge >= 0.3 is 0 Å². The second-order valence-corrected chi connectivity index (χ2v) is 5.64. The second-order valence-electron chi connectivity index (χ2n) is 5.64. The van der Waals surface area contributed by atoms with E-state index < -0.39 is 0 Å². The third-order valence-corrected chi connectivity index (χ3v) is 4.20. The Morgan fingerprint density at radius 2 is 1.83 bits per heavy atom. The molecule has 0 bridgehead atoms. The highest BCUT2D eigenvalue weighted by Crippen LogP contribution is 2.11. The van der Waals surface area contributed by atoms with Gasteiger partial charge in [-0.05, 0) is 24.3 Å². The Hall–Kier alpha value is -2.83. The van der Waals surface area contributed by atoms with E-state index in [0.717, 1.165) is 6.29 Å². The fourth-order valence-corrected chi connectivity index (χ4v) is 2.83. The van der Waals surface area contributed by atoms with Crippen molar-refractivity contribution in [3.8, 4) is 0 Å². The Morgan fingerprint density at radius 1 is 1.08 bits per heavy atom. The summed E-state index contributed by atoms with van der Waals surface area (Å²) < 4.78 is 6.89. The summed E-state index contributed by atoms with van der Waals surface area (Å²) in [7, 11) is 0. The van der Waals surface area contributed by atoms with Crippen LogP contribution in [-0.2, 0) is 11.3 Å². The van der Waals surface area contributed by atoms with Crippen molar-refractivity contribution in [2.45, 2.75) is 13.0 Å². The van der Waals surface area contributed by atoms with Gasteiger partial charge < -0.3 is 18.8 Å². The standard InChI is InChI=1S/C17H19N3O4/c21-13-14-3-1-6-18(14)7-5-16(22)19-8-10-20(11-9-19)17(23)15-4-2-12-24-15/h1-4,6,12-13H,5,7-11H2. The van der Waals surface area contributed by atoms with Crippen molar-refractivity contribution in [2.75, 3.05) is 26.2 Å². The fourth-order valence-electron chi connectivity index (χ4n) is 2.83. The third-order valence-electron chi connectivity index (χ3n) is 4.20. The lowest BCUT2D eigenvalue weighted by atomic mass is 10.2. The summed E-state index contributed by atoms with van der Waals surface area (Å²) in [5.41, 5.74) is 0.566. The molecule has 7 heteroatoms. The predicted molar refractivity (Wildman–Crippen MR) is 85.6 cm³/mol. The van der Waals surface area contributed by atoms with Gasteiger partial charge in [-0.2, -0.15) is 0 Å². The normalized spacial score (nSPS) is 14.7. The molecule has 0 spiro atoms. The van der Waals surface area contributed by atoms with E-state index >= 15 is 0 Å². The van der Waals surface area contributed by atoms with E-state index in [4.69, 9.17) is 4.42 Å². The van der Waals surface area contributed by atoms with Crippen LogP contribution in [0.3, 0.4) is 0 Å². The number of carbonyl (C=O) groups is 3. The molecule has 2 aromatic heterocycles. The summed E-state index contributed by atoms with van der Waals surface area (Å²) >= 11 is 0. The largest absolute Gasteiger partial charge is 0.459 e. The smallest absolute Gasteiger partial charge is 0.289 e. The number of nitrogens with zero attached hydrogens (tertiary/aromatic N) is 3. The lowest BCUT2D eigenvalue weighted by molar-refractivity contribution is -0.132. The quantitative estimate of drug-likeness (QED) is 0.774. The molecule has 3 heterocycles. The zero-order chi connectivity index (χ0) is 16.9. The second kappa shape index (κ2) is 7.16. The lowest BCUT2D eigenvalue weighted by Crippen LogP contribution is -2.50. The average molecular weight is 329 g/mol. The van der Waals surface area contributed by atoms with Crippen molar-refractivity contribution < 1.29 is 18.8 Å². The Labute approximate surface area is 139 Å². The van der Waals surface area contributed by atoms with E-state index in [2.05, 4.69) is 0 Å². The van der Waals surface area contributed by atoms with E-state index in [0.29, 0.717) is 50.6 Å². The van der Waals surface area contributed by atoms with Gasteiger partial charge in [0.25, 0.3) is 5.91 Å². The Kier molecular flexibility index (Phi) is 4.79. The van der Waals surface area contributed by atoms with Crippen LogP contribution >= 0.6 is 0 Å². The van der Waals surface area contributed by atoms with E-state index in [9.17, 15) is 14.4 Å². The lowest BCUT2D eigenvalue weighted by Gasteiger charge is -2.34. The zero-order valence-electron chi connectivity index (χ0n) is 13.3. The minimum atomic E-state index is -0.143. The van der Waals surface area contributed by atoms with Gasteiger partial charge in [0.05, 0.1) is 12.0 Å². The number of furan rings is 1. The van der Waals surface area contributed by atoms with Gasteiger partial charge in [0.2, 0.25) is 5.91 Å². The SMILES string of the molecule is O=Cc1cccn1CCC(=O)N1CCN(C(=O)c2ccco2)CC1. The summed E-state index contributed by atoms with van der Waals surface area (Å²) in [6, 6.07) is 6.83. The maximum Gasteiger partial charge on any atom is 0.289 e. The Balaban J connectivity index is 1.48. The van der Waals surface area contributed by atoms with Crippen molar-refractivity contribution in [1.82, 2.24) is 14.4 Å². The Morgan fingerprint density at radius 3 is 2.50 bits per heavy atom. The molecule has 0 atom stereocenters. The van der Waals surface area contributed by atoms with Crippen molar-refractivity contribution in [2.24, 2.45) is 0 Å². The first-order valence-electron chi connectivity index (χ1n) is 7.90. The number of hydrogen-bond acceptors (Lipinski definition) is 4. The van der Waals surface area contributed by atoms with Crippen LogP contribution in [0.1, 0.15) is 27.5 Å². The van der Waals surface area contributed by atoms with Crippen molar-refractivity contribution in [3.05, 3.63) is 48.2 Å². The highest BCUT2D eigenvalue weighted by atomic mass is 16.3. The van der Waals surface area contributed by atoms with E-state index in [1.807, 2.05) is 0 Å². The monoisotopic (exact) mass is 329 g/mol. The molecule has 1 saturated heterocycles. The Bertz CT molecular complexity index is 712. The number of aldehydes is 1. The summed E-state index contributed by atoms with van der Waals surface area (Å²) in [5, 5.41) is 0. The number of hydrogen-bond donors (Lipinski definition) is 0. The van der Waals surface area contributed by atoms with Crippen molar-refractivity contribution in [1.29, 1.82) is 0 Å². The molecule has 0 N–H and O–H groups in total. The molecule has 2 amide bonds. The maximum absolute atomic E-state index is 12.3. The highest BCUT2D eigenvalue weighted by Gasteiger charge is 2.25. The summed E-state index contributed by atoms with van der Waals surface area (Å²) in [6.45, 7) is 2.49. The zero-order valence-corrected chi connectivity index (χ0v) is 13.3. The van der Waals surface area contributed by atoms with Crippen LogP contribution in [0.4, 0.5) is 0 Å². The average Bonchev–Trinajstić information content (AvgIpc) is 3.30. The third kappa shape index (κ3) is 3.40. The summed E-state index contributed by atoms with van der Waals surface area (Å²) in [6.07, 6.45) is 4.38. The van der Waals surface area contributed by atoms with Crippen molar-refractivity contribution >= 4 is 18.1 Å². The minimum absolute atomic E-state index is 0.0330. The summed E-state index contributed by atoms with van der Waals surface area (Å²) in [5.74, 6) is 0.212. The number of aryl methyl sites for hydroxylation is 1. The van der Waals surface area contributed by atoms with Crippen LogP contribution in [0, 0.1) is 0 Å². The van der Waals surface area contributed by atoms with Gasteiger partial charge in [0.1, 0.15) is 0 Å². The van der Waals surface area contributed by atoms with Gasteiger partial charge in [0, 0.05) is 45.3 Å². The van der Waals surface area contributed by atoms with Crippen LogP contribution in [0.5, 0.6) is 0 Å². The van der Waals surface area contributed by atoms with Crippen LogP contribution in [0.15, 0.2) is 41.1 Å². The molecule has 1 aliphatic heterocycles. The molecular weight excluding hydrogens is 310 g/mol. The highest BCUT2D eigenvalue weighted by molar-refractivity contribution is 5.91. The molecule has 24 heavy (non-hydrogen) atoms. The van der Waals surface area contributed by atoms with E-state index in [-0.39, 0.29) is 11.8 Å². The molecule has 0 saturated carbocycles. The molecule has 1 aliphatic rings. The molecule has 7 nitrogen and oxygen atoms in total. The number of aromatic nitrogens is 1. The molecule has 3 rings (SSSR count). The number of amides is 2. The summed E-state index contributed by atoms with van der Waals surface area (Å²) in [4.78, 5) is 38.8. The van der Waals surface area contributed by atoms with Crippen LogP contribution < -0.4 is 0 Å². The van der Waals surface area contributed by atoms with Crippen LogP contribution in [-0.4, -0.2) is 58.6 Å². The van der Waals surface area contributed by atoms with Gasteiger partial charge in [-0.1, -0.05) is 0 Å². The first-order valence-corrected chi connectivity index (χ1v) is 7.90. The fraction of sp³-hybridized carbons (Fsp3) is 0.353. The number of rotatable bonds is 5. The maximum atomic E-state index is 12.3. The first kappa shape index (κ1) is 16.0. The topological polar surface area (TPSA) is 75.8 Å². The van der Waals surface area contributed by atoms with Crippen LogP contribution in [0.25, 0.3) is 0 Å². The van der Waals surface area contributed by atoms with Crippen molar-refractivity contribution in [3.63, 3.8) is 0 Å². The number of piperazine rings is 1. The minimum Gasteiger partial charge on any atom is -0.459 e. The molecule has 2 aromatic rings. The molecule has 0 aliphatic carbocycles. The predicted octanol–water partition coefficient (Wildman–Crippen LogP) is 1.27. The molecule has 0 aromatic carbocycles. The van der Waals surface area contributed by atoms with Gasteiger partial charge in [-0.15, -0.1) is 0 Å². The molecular formula is C17H19N3O4. The molecule has 126 valence electrons. The van der Waals surface area contributed by atoms with Crippen LogP contribution in [0.2, 0.25) is 0 Å². The van der Waals surface area contributed by atoms with Gasteiger partial charge in [-0.3, -0.25) is 14.4 Å².